The van der Waals surface area contributed by atoms with Crippen molar-refractivity contribution in [3.8, 4) is 0 Å². The van der Waals surface area contributed by atoms with Gasteiger partial charge in [0.1, 0.15) is 0 Å². The molecular formula is C18H17N3OS. The fourth-order valence-corrected chi connectivity index (χ4v) is 4.20. The second kappa shape index (κ2) is 6.08. The van der Waals surface area contributed by atoms with Crippen LogP contribution in [0.4, 0.5) is 0 Å². The second-order valence-corrected chi connectivity index (χ2v) is 6.97. The number of aromatic amines is 1. The molecular weight excluding hydrogens is 306 g/mol. The third-order valence-corrected chi connectivity index (χ3v) is 5.43. The molecule has 1 N–H and O–H groups in total. The van der Waals surface area contributed by atoms with E-state index in [9.17, 15) is 4.79 Å². The van der Waals surface area contributed by atoms with Gasteiger partial charge in [0.05, 0.1) is 17.4 Å². The Morgan fingerprint density at radius 2 is 2.09 bits per heavy atom. The van der Waals surface area contributed by atoms with Gasteiger partial charge in [-0.25, -0.2) is 4.98 Å². The zero-order valence-corrected chi connectivity index (χ0v) is 13.4. The van der Waals surface area contributed by atoms with Crippen LogP contribution in [0, 0.1) is 0 Å². The van der Waals surface area contributed by atoms with Crippen LogP contribution in [0.2, 0.25) is 0 Å². The minimum Gasteiger partial charge on any atom is -0.345 e. The van der Waals surface area contributed by atoms with Crippen LogP contribution in [0.15, 0.2) is 54.9 Å². The van der Waals surface area contributed by atoms with E-state index in [4.69, 9.17) is 0 Å². The summed E-state index contributed by atoms with van der Waals surface area (Å²) in [4.78, 5) is 22.1. The fraction of sp³-hybridized carbons (Fsp3) is 0.222. The molecule has 1 aliphatic rings. The molecule has 116 valence electrons. The van der Waals surface area contributed by atoms with Crippen LogP contribution in [0.3, 0.4) is 0 Å². The first-order valence-electron chi connectivity index (χ1n) is 7.70. The summed E-state index contributed by atoms with van der Waals surface area (Å²) in [5.41, 5.74) is 3.80. The number of benzene rings is 2. The Morgan fingerprint density at radius 1 is 1.22 bits per heavy atom. The summed E-state index contributed by atoms with van der Waals surface area (Å²) in [6, 6.07) is 16.1. The lowest BCUT2D eigenvalue weighted by molar-refractivity contribution is 0.0761. The van der Waals surface area contributed by atoms with Gasteiger partial charge in [0.2, 0.25) is 0 Å². The van der Waals surface area contributed by atoms with Crippen molar-refractivity contribution in [1.29, 1.82) is 0 Å². The summed E-state index contributed by atoms with van der Waals surface area (Å²) in [5.74, 6) is 1.07. The first-order chi connectivity index (χ1) is 11.3. The van der Waals surface area contributed by atoms with E-state index in [1.54, 1.807) is 6.33 Å². The largest absolute Gasteiger partial charge is 0.345 e. The van der Waals surface area contributed by atoms with Crippen molar-refractivity contribution in [3.05, 3.63) is 66.0 Å². The first-order valence-corrected chi connectivity index (χ1v) is 8.75. The van der Waals surface area contributed by atoms with Gasteiger partial charge < -0.3 is 9.88 Å². The van der Waals surface area contributed by atoms with E-state index in [1.165, 1.54) is 5.56 Å². The van der Waals surface area contributed by atoms with Crippen molar-refractivity contribution < 1.29 is 4.79 Å². The molecule has 2 aromatic carbocycles. The highest BCUT2D eigenvalue weighted by atomic mass is 32.2. The number of hydrogen-bond acceptors (Lipinski definition) is 3. The van der Waals surface area contributed by atoms with Crippen LogP contribution in [0.25, 0.3) is 11.0 Å². The molecule has 5 heteroatoms. The summed E-state index contributed by atoms with van der Waals surface area (Å²) in [7, 11) is 0. The van der Waals surface area contributed by atoms with Gasteiger partial charge in [0.15, 0.2) is 0 Å². The van der Waals surface area contributed by atoms with Crippen LogP contribution >= 0.6 is 11.8 Å². The van der Waals surface area contributed by atoms with Gasteiger partial charge in [-0.05, 0) is 23.8 Å². The summed E-state index contributed by atoms with van der Waals surface area (Å²) < 4.78 is 0. The lowest BCUT2D eigenvalue weighted by Gasteiger charge is -2.32. The maximum atomic E-state index is 12.8. The van der Waals surface area contributed by atoms with E-state index < -0.39 is 0 Å². The van der Waals surface area contributed by atoms with Crippen molar-refractivity contribution in [1.82, 2.24) is 14.9 Å². The Morgan fingerprint density at radius 3 is 2.96 bits per heavy atom. The van der Waals surface area contributed by atoms with E-state index in [-0.39, 0.29) is 5.91 Å². The van der Waals surface area contributed by atoms with Crippen LogP contribution in [0.1, 0.15) is 21.2 Å². The molecule has 0 radical (unpaired) electrons. The number of hydrogen-bond donors (Lipinski definition) is 1. The van der Waals surface area contributed by atoms with Gasteiger partial charge >= 0.3 is 0 Å². The summed E-state index contributed by atoms with van der Waals surface area (Å²) in [5, 5.41) is 0.352. The smallest absolute Gasteiger partial charge is 0.254 e. The van der Waals surface area contributed by atoms with E-state index >= 15 is 0 Å². The minimum atomic E-state index is 0.0998. The molecule has 3 aromatic rings. The number of thioether (sulfide) groups is 1. The van der Waals surface area contributed by atoms with Gasteiger partial charge in [-0.15, -0.1) is 0 Å². The number of carbonyl (C=O) groups excluding carboxylic acids is 1. The molecule has 0 spiro atoms. The number of nitrogens with zero attached hydrogens (tertiary/aromatic N) is 2. The Kier molecular flexibility index (Phi) is 3.79. The molecule has 4 rings (SSSR count). The summed E-state index contributed by atoms with van der Waals surface area (Å²) >= 11 is 1.93. The van der Waals surface area contributed by atoms with E-state index in [1.807, 2.05) is 40.9 Å². The standard InChI is InChI=1S/C18H17N3OS/c22-18(14-6-7-15-16(10-14)20-12-19-15)21-8-9-23-17(11-21)13-4-2-1-3-5-13/h1-7,10,12,17H,8-9,11H2,(H,19,20). The molecule has 23 heavy (non-hydrogen) atoms. The zero-order valence-electron chi connectivity index (χ0n) is 12.6. The molecule has 4 nitrogen and oxygen atoms in total. The number of amides is 1. The lowest BCUT2D eigenvalue weighted by atomic mass is 10.1. The molecule has 1 saturated heterocycles. The number of nitrogens with one attached hydrogen (secondary N) is 1. The molecule has 1 atom stereocenters. The van der Waals surface area contributed by atoms with Crippen LogP contribution < -0.4 is 0 Å². The van der Waals surface area contributed by atoms with Crippen LogP contribution in [0.5, 0.6) is 0 Å². The summed E-state index contributed by atoms with van der Waals surface area (Å²) in [6.07, 6.45) is 1.65. The predicted molar refractivity (Wildman–Crippen MR) is 93.6 cm³/mol. The summed E-state index contributed by atoms with van der Waals surface area (Å²) in [6.45, 7) is 1.56. The van der Waals surface area contributed by atoms with Crippen molar-refractivity contribution in [2.75, 3.05) is 18.8 Å². The van der Waals surface area contributed by atoms with Gasteiger partial charge in [-0.3, -0.25) is 4.79 Å². The SMILES string of the molecule is O=C(c1ccc2nc[nH]c2c1)N1CCSC(c2ccccc2)C1. The molecule has 1 aliphatic heterocycles. The Bertz CT molecular complexity index is 830. The molecule has 2 heterocycles. The van der Waals surface area contributed by atoms with Gasteiger partial charge in [-0.1, -0.05) is 30.3 Å². The second-order valence-electron chi connectivity index (χ2n) is 5.66. The van der Waals surface area contributed by atoms with E-state index in [0.29, 0.717) is 5.25 Å². The highest BCUT2D eigenvalue weighted by Crippen LogP contribution is 2.33. The third-order valence-electron chi connectivity index (χ3n) is 4.19. The Labute approximate surface area is 138 Å². The lowest BCUT2D eigenvalue weighted by Crippen LogP contribution is -2.39. The maximum Gasteiger partial charge on any atom is 0.254 e. The average Bonchev–Trinajstić information content (AvgIpc) is 3.09. The predicted octanol–water partition coefficient (Wildman–Crippen LogP) is 3.49. The number of carbonyl (C=O) groups is 1. The zero-order chi connectivity index (χ0) is 15.6. The Hall–Kier alpha value is -2.27. The molecule has 1 fully saturated rings. The van der Waals surface area contributed by atoms with Crippen LogP contribution in [-0.2, 0) is 0 Å². The number of fused-ring (bicyclic) bond motifs is 1. The fourth-order valence-electron chi connectivity index (χ4n) is 2.95. The molecule has 0 bridgehead atoms. The topological polar surface area (TPSA) is 49.0 Å². The number of aromatic nitrogens is 2. The van der Waals surface area contributed by atoms with Crippen molar-refractivity contribution in [2.24, 2.45) is 0 Å². The quantitative estimate of drug-likeness (QED) is 0.785. The molecule has 1 amide bonds. The van der Waals surface area contributed by atoms with Crippen molar-refractivity contribution in [2.45, 2.75) is 5.25 Å². The number of rotatable bonds is 2. The number of H-pyrrole nitrogens is 1. The van der Waals surface area contributed by atoms with Crippen molar-refractivity contribution in [3.63, 3.8) is 0 Å². The average molecular weight is 323 g/mol. The molecule has 1 aromatic heterocycles. The van der Waals surface area contributed by atoms with Crippen molar-refractivity contribution >= 4 is 28.7 Å². The van der Waals surface area contributed by atoms with Gasteiger partial charge in [0, 0.05) is 29.7 Å². The maximum absolute atomic E-state index is 12.8. The third kappa shape index (κ3) is 2.84. The normalized spacial score (nSPS) is 18.3. The first kappa shape index (κ1) is 14.3. The van der Waals surface area contributed by atoms with Gasteiger partial charge in [-0.2, -0.15) is 11.8 Å². The highest BCUT2D eigenvalue weighted by Gasteiger charge is 2.26. The Balaban J connectivity index is 1.55. The number of imidazole rings is 1. The van der Waals surface area contributed by atoms with Gasteiger partial charge in [0.25, 0.3) is 5.91 Å². The molecule has 1 unspecified atom stereocenters. The van der Waals surface area contributed by atoms with Crippen LogP contribution in [-0.4, -0.2) is 39.6 Å². The molecule has 0 saturated carbocycles. The van der Waals surface area contributed by atoms with E-state index in [0.717, 1.165) is 35.4 Å². The minimum absolute atomic E-state index is 0.0998. The monoisotopic (exact) mass is 323 g/mol. The molecule has 0 aliphatic carbocycles. The highest BCUT2D eigenvalue weighted by molar-refractivity contribution is 7.99. The van der Waals surface area contributed by atoms with E-state index in [2.05, 4.69) is 34.2 Å².